The maximum Gasteiger partial charge on any atom is 0.410 e. The fourth-order valence-corrected chi connectivity index (χ4v) is 1.22. The van der Waals surface area contributed by atoms with Gasteiger partial charge in [-0.25, -0.2) is 4.79 Å². The highest BCUT2D eigenvalue weighted by molar-refractivity contribution is 5.85. The van der Waals surface area contributed by atoms with Crippen molar-refractivity contribution < 1.29 is 24.2 Å². The molecule has 0 radical (unpaired) electrons. The van der Waals surface area contributed by atoms with E-state index in [9.17, 15) is 14.7 Å². The molecule has 1 amide bonds. The molecule has 0 saturated carbocycles. The van der Waals surface area contributed by atoms with Crippen molar-refractivity contribution in [3.63, 3.8) is 0 Å². The van der Waals surface area contributed by atoms with E-state index in [2.05, 4.69) is 9.47 Å². The number of esters is 1. The molecule has 1 rings (SSSR count). The van der Waals surface area contributed by atoms with Gasteiger partial charge in [0.05, 0.1) is 26.3 Å². The van der Waals surface area contributed by atoms with Crippen molar-refractivity contribution in [2.75, 3.05) is 26.8 Å². The molecule has 0 unspecified atom stereocenters. The van der Waals surface area contributed by atoms with Crippen molar-refractivity contribution in [1.82, 2.24) is 4.90 Å². The van der Waals surface area contributed by atoms with Gasteiger partial charge in [0.1, 0.15) is 12.6 Å². The third-order valence-corrected chi connectivity index (χ3v) is 2.14. The van der Waals surface area contributed by atoms with Crippen LogP contribution in [0.4, 0.5) is 4.79 Å². The van der Waals surface area contributed by atoms with E-state index in [4.69, 9.17) is 5.73 Å². The Kier molecular flexibility index (Phi) is 6.09. The summed E-state index contributed by atoms with van der Waals surface area (Å²) in [5.41, 5.74) is 5.39. The van der Waals surface area contributed by atoms with E-state index in [1.54, 1.807) is 0 Å². The van der Waals surface area contributed by atoms with Gasteiger partial charge in [-0.2, -0.15) is 0 Å². The quantitative estimate of drug-likeness (QED) is 0.606. The number of cyclic esters (lactones) is 1. The Hall–Kier alpha value is -1.05. The van der Waals surface area contributed by atoms with E-state index < -0.39 is 24.2 Å². The van der Waals surface area contributed by atoms with Gasteiger partial charge in [-0.3, -0.25) is 4.79 Å². The second-order valence-electron chi connectivity index (χ2n) is 3.18. The molecule has 0 aromatic heterocycles. The summed E-state index contributed by atoms with van der Waals surface area (Å²) in [5, 5.41) is 9.52. The highest BCUT2D eigenvalue weighted by atomic mass is 35.5. The first-order valence-electron chi connectivity index (χ1n) is 4.49. The first-order chi connectivity index (χ1) is 7.06. The van der Waals surface area contributed by atoms with Crippen LogP contribution in [-0.2, 0) is 14.3 Å². The van der Waals surface area contributed by atoms with Gasteiger partial charge in [-0.05, 0) is 0 Å². The van der Waals surface area contributed by atoms with Crippen LogP contribution in [0.2, 0.25) is 0 Å². The van der Waals surface area contributed by atoms with Crippen molar-refractivity contribution in [1.29, 1.82) is 0 Å². The van der Waals surface area contributed by atoms with E-state index in [1.165, 1.54) is 12.0 Å². The highest BCUT2D eigenvalue weighted by Crippen LogP contribution is 2.05. The number of hydrogen-bond donors (Lipinski definition) is 2. The zero-order chi connectivity index (χ0) is 11.4. The largest absolute Gasteiger partial charge is 0.468 e. The molecule has 0 aromatic rings. The van der Waals surface area contributed by atoms with Gasteiger partial charge in [0, 0.05) is 0 Å². The molecule has 0 aromatic carbocycles. The molecule has 2 atom stereocenters. The van der Waals surface area contributed by atoms with E-state index in [0.29, 0.717) is 13.2 Å². The van der Waals surface area contributed by atoms with E-state index in [-0.39, 0.29) is 19.0 Å². The Bertz CT molecular complexity index is 263. The number of carbonyl (C=O) groups is 2. The fraction of sp³-hybridized carbons (Fsp3) is 0.750. The Morgan fingerprint density at radius 3 is 2.81 bits per heavy atom. The van der Waals surface area contributed by atoms with Gasteiger partial charge in [-0.1, -0.05) is 0 Å². The van der Waals surface area contributed by atoms with Crippen LogP contribution >= 0.6 is 12.4 Å². The number of aliphatic hydroxyl groups is 1. The van der Waals surface area contributed by atoms with Crippen LogP contribution in [0.15, 0.2) is 0 Å². The van der Waals surface area contributed by atoms with Crippen molar-refractivity contribution in [2.45, 2.75) is 12.1 Å². The number of nitrogens with zero attached hydrogens (tertiary/aromatic N) is 1. The Balaban J connectivity index is 0.00000225. The molecule has 0 bridgehead atoms. The zero-order valence-electron chi connectivity index (χ0n) is 8.79. The number of rotatable bonds is 4. The number of methoxy groups -OCH3 is 1. The molecule has 8 heteroatoms. The molecule has 1 aliphatic heterocycles. The average Bonchev–Trinajstić information content (AvgIpc) is 2.62. The first-order valence-corrected chi connectivity index (χ1v) is 4.49. The molecule has 1 heterocycles. The summed E-state index contributed by atoms with van der Waals surface area (Å²) in [4.78, 5) is 23.3. The predicted molar refractivity (Wildman–Crippen MR) is 56.2 cm³/mol. The van der Waals surface area contributed by atoms with Crippen LogP contribution in [0.25, 0.3) is 0 Å². The minimum absolute atomic E-state index is 0. The molecule has 0 aliphatic carbocycles. The van der Waals surface area contributed by atoms with Gasteiger partial charge in [0.15, 0.2) is 0 Å². The summed E-state index contributed by atoms with van der Waals surface area (Å²) >= 11 is 0. The molecule has 1 fully saturated rings. The van der Waals surface area contributed by atoms with Gasteiger partial charge >= 0.3 is 12.1 Å². The van der Waals surface area contributed by atoms with Crippen molar-refractivity contribution in [3.8, 4) is 0 Å². The van der Waals surface area contributed by atoms with Gasteiger partial charge < -0.3 is 25.2 Å². The molecule has 3 N–H and O–H groups in total. The van der Waals surface area contributed by atoms with Gasteiger partial charge in [0.2, 0.25) is 0 Å². The Morgan fingerprint density at radius 2 is 2.38 bits per heavy atom. The van der Waals surface area contributed by atoms with Gasteiger partial charge in [0.25, 0.3) is 0 Å². The Morgan fingerprint density at radius 1 is 1.75 bits per heavy atom. The minimum atomic E-state index is -1.15. The maximum atomic E-state index is 11.0. The monoisotopic (exact) mass is 254 g/mol. The summed E-state index contributed by atoms with van der Waals surface area (Å²) in [5.74, 6) is -0.713. The van der Waals surface area contributed by atoms with Crippen LogP contribution in [-0.4, -0.2) is 61.0 Å². The lowest BCUT2D eigenvalue weighted by Crippen LogP contribution is -2.48. The molecule has 1 aliphatic rings. The summed E-state index contributed by atoms with van der Waals surface area (Å²) in [6.07, 6.45) is -1.66. The number of β-amino-alcohol motifs (C(OH)–C–C–N with tert-alkyl or cyclic N) is 1. The van der Waals surface area contributed by atoms with Crippen LogP contribution in [0.1, 0.15) is 0 Å². The molecular weight excluding hydrogens is 240 g/mol. The SMILES string of the molecule is COC(=O)[C@@H](N)[C@@H](O)CN1CCOC1=O.Cl. The maximum absolute atomic E-state index is 11.0. The minimum Gasteiger partial charge on any atom is -0.468 e. The Labute approximate surface area is 98.9 Å². The second-order valence-corrected chi connectivity index (χ2v) is 3.18. The summed E-state index contributed by atoms with van der Waals surface area (Å²) in [7, 11) is 1.18. The third kappa shape index (κ3) is 3.51. The standard InChI is InChI=1S/C8H14N2O5.ClH/c1-14-7(12)6(9)5(11)4-10-2-3-15-8(10)13;/h5-6,11H,2-4,9H2,1H3;1H/t5-,6-;/m0./s1. The lowest BCUT2D eigenvalue weighted by Gasteiger charge is -2.20. The van der Waals surface area contributed by atoms with Crippen LogP contribution in [0.3, 0.4) is 0 Å². The van der Waals surface area contributed by atoms with Crippen molar-refractivity contribution in [3.05, 3.63) is 0 Å². The second kappa shape index (κ2) is 6.51. The number of carbonyl (C=O) groups excluding carboxylic acids is 2. The number of hydrogen-bond acceptors (Lipinski definition) is 6. The number of nitrogens with two attached hydrogens (primary N) is 1. The molecular formula is C8H15ClN2O5. The zero-order valence-corrected chi connectivity index (χ0v) is 9.61. The molecule has 94 valence electrons. The van der Waals surface area contributed by atoms with E-state index in [1.807, 2.05) is 0 Å². The predicted octanol–water partition coefficient (Wildman–Crippen LogP) is -1.28. The first kappa shape index (κ1) is 14.9. The third-order valence-electron chi connectivity index (χ3n) is 2.14. The number of ether oxygens (including phenoxy) is 2. The summed E-state index contributed by atoms with van der Waals surface area (Å²) < 4.78 is 9.02. The summed E-state index contributed by atoms with van der Waals surface area (Å²) in [6.45, 7) is 0.651. The number of aliphatic hydroxyl groups excluding tert-OH is 1. The fourth-order valence-electron chi connectivity index (χ4n) is 1.22. The summed E-state index contributed by atoms with van der Waals surface area (Å²) in [6, 6.07) is -1.15. The number of halogens is 1. The van der Waals surface area contributed by atoms with E-state index >= 15 is 0 Å². The normalized spacial score (nSPS) is 18.4. The lowest BCUT2D eigenvalue weighted by molar-refractivity contribution is -0.145. The average molecular weight is 255 g/mol. The lowest BCUT2D eigenvalue weighted by atomic mass is 10.1. The molecule has 7 nitrogen and oxygen atoms in total. The van der Waals surface area contributed by atoms with E-state index in [0.717, 1.165) is 0 Å². The van der Waals surface area contributed by atoms with Crippen LogP contribution in [0.5, 0.6) is 0 Å². The molecule has 16 heavy (non-hydrogen) atoms. The van der Waals surface area contributed by atoms with Crippen LogP contribution in [0, 0.1) is 0 Å². The highest BCUT2D eigenvalue weighted by Gasteiger charge is 2.30. The van der Waals surface area contributed by atoms with Crippen molar-refractivity contribution in [2.24, 2.45) is 5.73 Å². The van der Waals surface area contributed by atoms with Gasteiger partial charge in [-0.15, -0.1) is 12.4 Å². The molecule has 1 saturated heterocycles. The topological polar surface area (TPSA) is 102 Å². The number of amides is 1. The smallest absolute Gasteiger partial charge is 0.410 e. The van der Waals surface area contributed by atoms with Crippen LogP contribution < -0.4 is 5.73 Å². The molecule has 0 spiro atoms. The van der Waals surface area contributed by atoms with Crippen molar-refractivity contribution >= 4 is 24.5 Å².